The Balaban J connectivity index is 1.70. The van der Waals surface area contributed by atoms with Gasteiger partial charge in [0.15, 0.2) is 11.5 Å². The second-order valence-corrected chi connectivity index (χ2v) is 10.9. The highest BCUT2D eigenvalue weighted by Crippen LogP contribution is 2.36. The summed E-state index contributed by atoms with van der Waals surface area (Å²) in [5, 5.41) is 20.5. The number of carbonyl (C=O) groups excluding carboxylic acids is 2. The van der Waals surface area contributed by atoms with Crippen LogP contribution < -0.4 is 10.5 Å². The lowest BCUT2D eigenvalue weighted by Crippen LogP contribution is -2.27. The number of hydrogen-bond donors (Lipinski definition) is 3. The lowest BCUT2D eigenvalue weighted by atomic mass is 9.91. The Kier molecular flexibility index (Phi) is 13.3. The average Bonchev–Trinajstić information content (AvgIpc) is 2.97. The van der Waals surface area contributed by atoms with Gasteiger partial charge in [-0.3, -0.25) is 9.59 Å². The Hall–Kier alpha value is -4.11. The van der Waals surface area contributed by atoms with Gasteiger partial charge in [-0.15, -0.1) is 0 Å². The van der Waals surface area contributed by atoms with Crippen LogP contribution in [0, 0.1) is 5.92 Å². The molecule has 0 aliphatic rings. The largest absolute Gasteiger partial charge is 0.504 e. The number of anilines is 1. The molecule has 0 saturated carbocycles. The molecule has 1 heterocycles. The number of nitrogens with two attached hydrogens (primary N) is 1. The third-order valence-corrected chi connectivity index (χ3v) is 7.50. The molecule has 0 amide bonds. The van der Waals surface area contributed by atoms with Gasteiger partial charge in [0.05, 0.1) is 7.11 Å². The normalized spacial score (nSPS) is 13.1. The molecule has 4 N–H and O–H groups in total. The molecular formula is C34H44N2O7. The van der Waals surface area contributed by atoms with E-state index < -0.39 is 24.1 Å². The molecule has 0 saturated heterocycles. The summed E-state index contributed by atoms with van der Waals surface area (Å²) < 4.78 is 16.7. The molecule has 3 rings (SSSR count). The van der Waals surface area contributed by atoms with E-state index in [1.165, 1.54) is 26.5 Å². The first-order chi connectivity index (χ1) is 20.7. The topological polar surface area (TPSA) is 141 Å². The van der Waals surface area contributed by atoms with Gasteiger partial charge in [-0.2, -0.15) is 0 Å². The number of nitrogens with zero attached hydrogens (tertiary/aromatic N) is 1. The Bertz CT molecular complexity index is 1320. The van der Waals surface area contributed by atoms with Crippen LogP contribution in [0.15, 0.2) is 60.8 Å². The molecule has 0 aliphatic carbocycles. The molecule has 0 spiro atoms. The standard InChI is InChI=1S/C34H44N2O7/c1-23(38)42-29(14-12-26(22-37)11-7-10-25-8-5-4-6-9-25)20-30(43-24(2)39)15-13-27-18-33(41-3)32(40)21-31(27)28-16-17-36-34(35)19-28/h4-6,8-9,16-19,21,26,29-30,37,40H,7,10-15,20,22H2,1-3H3,(H2,35,36). The molecule has 2 aromatic carbocycles. The van der Waals surface area contributed by atoms with E-state index in [9.17, 15) is 19.8 Å². The van der Waals surface area contributed by atoms with Crippen molar-refractivity contribution in [3.05, 3.63) is 71.9 Å². The number of methoxy groups -OCH3 is 1. The second kappa shape index (κ2) is 17.1. The molecule has 9 heteroatoms. The predicted molar refractivity (Wildman–Crippen MR) is 166 cm³/mol. The zero-order valence-corrected chi connectivity index (χ0v) is 25.3. The van der Waals surface area contributed by atoms with Gasteiger partial charge < -0.3 is 30.2 Å². The van der Waals surface area contributed by atoms with Gasteiger partial charge in [0, 0.05) is 33.1 Å². The number of aliphatic hydroxyl groups is 1. The predicted octanol–water partition coefficient (Wildman–Crippen LogP) is 5.64. The fourth-order valence-electron chi connectivity index (χ4n) is 5.38. The minimum atomic E-state index is -0.525. The van der Waals surface area contributed by atoms with Crippen LogP contribution >= 0.6 is 0 Å². The third kappa shape index (κ3) is 11.2. The van der Waals surface area contributed by atoms with Crippen molar-refractivity contribution >= 4 is 17.8 Å². The van der Waals surface area contributed by atoms with E-state index in [1.807, 2.05) is 18.2 Å². The maximum Gasteiger partial charge on any atom is 0.302 e. The van der Waals surface area contributed by atoms with Crippen LogP contribution in [0.5, 0.6) is 11.5 Å². The molecule has 0 aliphatic heterocycles. The number of pyridine rings is 1. The number of aromatic nitrogens is 1. The van der Waals surface area contributed by atoms with Gasteiger partial charge in [-0.1, -0.05) is 30.3 Å². The number of rotatable bonds is 17. The highest BCUT2D eigenvalue weighted by Gasteiger charge is 2.24. The molecule has 1 aromatic heterocycles. The molecule has 232 valence electrons. The van der Waals surface area contributed by atoms with Gasteiger partial charge in [-0.25, -0.2) is 4.98 Å². The van der Waals surface area contributed by atoms with Crippen LogP contribution in [0.3, 0.4) is 0 Å². The summed E-state index contributed by atoms with van der Waals surface area (Å²) in [6.45, 7) is 2.78. The summed E-state index contributed by atoms with van der Waals surface area (Å²) in [7, 11) is 1.48. The van der Waals surface area contributed by atoms with Crippen LogP contribution in [-0.4, -0.2) is 53.1 Å². The molecule has 3 aromatic rings. The minimum Gasteiger partial charge on any atom is -0.504 e. The first-order valence-electron chi connectivity index (χ1n) is 14.8. The summed E-state index contributed by atoms with van der Waals surface area (Å²) in [6, 6.07) is 17.2. The number of aliphatic hydroxyl groups excluding tert-OH is 1. The minimum absolute atomic E-state index is 0.00898. The van der Waals surface area contributed by atoms with E-state index in [0.717, 1.165) is 36.0 Å². The second-order valence-electron chi connectivity index (χ2n) is 10.9. The zero-order chi connectivity index (χ0) is 31.2. The number of phenolic OH excluding ortho intramolecular Hbond substituents is 1. The molecular weight excluding hydrogens is 548 g/mol. The van der Waals surface area contributed by atoms with Crippen LogP contribution in [0.25, 0.3) is 11.1 Å². The number of esters is 2. The van der Waals surface area contributed by atoms with E-state index in [4.69, 9.17) is 19.9 Å². The quantitative estimate of drug-likeness (QED) is 0.170. The van der Waals surface area contributed by atoms with Crippen molar-refractivity contribution in [2.75, 3.05) is 19.5 Å². The molecule has 0 radical (unpaired) electrons. The monoisotopic (exact) mass is 592 g/mol. The van der Waals surface area contributed by atoms with Crippen molar-refractivity contribution in [3.8, 4) is 22.6 Å². The Morgan fingerprint density at radius 2 is 1.60 bits per heavy atom. The number of benzene rings is 2. The first-order valence-corrected chi connectivity index (χ1v) is 14.8. The fraction of sp³-hybridized carbons (Fsp3) is 0.441. The molecule has 0 bridgehead atoms. The highest BCUT2D eigenvalue weighted by molar-refractivity contribution is 5.72. The first kappa shape index (κ1) is 33.4. The molecule has 3 atom stereocenters. The van der Waals surface area contributed by atoms with E-state index in [1.54, 1.807) is 30.5 Å². The maximum absolute atomic E-state index is 12.1. The van der Waals surface area contributed by atoms with Crippen LogP contribution in [0.1, 0.15) is 63.5 Å². The zero-order valence-electron chi connectivity index (χ0n) is 25.3. The van der Waals surface area contributed by atoms with Crippen molar-refractivity contribution in [2.45, 2.75) is 77.4 Å². The lowest BCUT2D eigenvalue weighted by Gasteiger charge is -2.25. The summed E-state index contributed by atoms with van der Waals surface area (Å²) in [5.41, 5.74) is 9.58. The van der Waals surface area contributed by atoms with Crippen molar-refractivity contribution in [1.82, 2.24) is 4.98 Å². The van der Waals surface area contributed by atoms with Gasteiger partial charge in [0.1, 0.15) is 18.0 Å². The van der Waals surface area contributed by atoms with Crippen LogP contribution in [0.2, 0.25) is 0 Å². The van der Waals surface area contributed by atoms with Crippen molar-refractivity contribution in [1.29, 1.82) is 0 Å². The third-order valence-electron chi connectivity index (χ3n) is 7.50. The molecule has 9 nitrogen and oxygen atoms in total. The van der Waals surface area contributed by atoms with E-state index in [-0.39, 0.29) is 18.3 Å². The number of nitrogen functional groups attached to an aromatic ring is 1. The summed E-state index contributed by atoms with van der Waals surface area (Å²) in [5.74, 6) is -0.0887. The number of carbonyl (C=O) groups is 2. The fourth-order valence-corrected chi connectivity index (χ4v) is 5.38. The smallest absolute Gasteiger partial charge is 0.302 e. The van der Waals surface area contributed by atoms with Gasteiger partial charge in [0.25, 0.3) is 0 Å². The average molecular weight is 593 g/mol. The van der Waals surface area contributed by atoms with Crippen LogP contribution in [0.4, 0.5) is 5.82 Å². The Morgan fingerprint density at radius 1 is 0.907 bits per heavy atom. The van der Waals surface area contributed by atoms with E-state index in [2.05, 4.69) is 17.1 Å². The Labute approximate surface area is 254 Å². The SMILES string of the molecule is COc1cc(CCC(CC(CCC(CO)CCCc2ccccc2)OC(C)=O)OC(C)=O)c(-c2ccnc(N)c2)cc1O. The van der Waals surface area contributed by atoms with E-state index >= 15 is 0 Å². The number of aromatic hydroxyl groups is 1. The van der Waals surface area contributed by atoms with Crippen LogP contribution in [-0.2, 0) is 31.9 Å². The summed E-state index contributed by atoms with van der Waals surface area (Å²) in [4.78, 5) is 28.1. The number of ether oxygens (including phenoxy) is 3. The van der Waals surface area contributed by atoms with Crippen molar-refractivity contribution in [2.24, 2.45) is 5.92 Å². The summed E-state index contributed by atoms with van der Waals surface area (Å²) >= 11 is 0. The Morgan fingerprint density at radius 3 is 2.23 bits per heavy atom. The van der Waals surface area contributed by atoms with E-state index in [0.29, 0.717) is 43.7 Å². The van der Waals surface area contributed by atoms with Gasteiger partial charge in [0.2, 0.25) is 0 Å². The number of hydrogen-bond acceptors (Lipinski definition) is 9. The van der Waals surface area contributed by atoms with Gasteiger partial charge >= 0.3 is 11.9 Å². The highest BCUT2D eigenvalue weighted by atomic mass is 16.6. The summed E-state index contributed by atoms with van der Waals surface area (Å²) in [6.07, 6.45) is 5.83. The van der Waals surface area contributed by atoms with Gasteiger partial charge in [-0.05, 0) is 97.4 Å². The number of aryl methyl sites for hydroxylation is 2. The van der Waals surface area contributed by atoms with Crippen molar-refractivity contribution in [3.63, 3.8) is 0 Å². The maximum atomic E-state index is 12.1. The lowest BCUT2D eigenvalue weighted by molar-refractivity contribution is -0.153. The molecule has 43 heavy (non-hydrogen) atoms. The van der Waals surface area contributed by atoms with Crippen molar-refractivity contribution < 1.29 is 34.0 Å². The molecule has 3 unspecified atom stereocenters. The molecule has 0 fully saturated rings. The number of phenols is 1.